The van der Waals surface area contributed by atoms with E-state index in [1.165, 1.54) is 0 Å². The molecule has 0 radical (unpaired) electrons. The molecule has 1 atom stereocenters. The Morgan fingerprint density at radius 2 is 2.12 bits per heavy atom. The molecule has 0 aromatic carbocycles. The molecule has 0 saturated carbocycles. The van der Waals surface area contributed by atoms with E-state index >= 15 is 0 Å². The number of ether oxygens (including phenoxy) is 2. The Hall–Kier alpha value is -0.620. The number of methoxy groups -OCH3 is 2. The topological polar surface area (TPSA) is 48.3 Å². The molecule has 1 rings (SSSR count). The van der Waals surface area contributed by atoms with Crippen LogP contribution in [0.2, 0.25) is 5.02 Å². The number of nitrogens with zero attached hydrogens (tertiary/aromatic N) is 2. The molecule has 98 valence electrons. The average molecular weight is 262 g/mol. The number of hydrogen-bond donors (Lipinski definition) is 1. The van der Waals surface area contributed by atoms with Gasteiger partial charge in [0.25, 0.3) is 0 Å². The molecule has 1 heterocycles. The minimum atomic E-state index is -0.398. The molecule has 0 aliphatic heterocycles. The van der Waals surface area contributed by atoms with Gasteiger partial charge in [0.1, 0.15) is 6.04 Å². The van der Waals surface area contributed by atoms with E-state index < -0.39 is 6.29 Å². The minimum Gasteiger partial charge on any atom is -0.354 e. The number of nitrogens with one attached hydrogen (secondary N) is 1. The second-order valence-corrected chi connectivity index (χ2v) is 4.11. The second-order valence-electron chi connectivity index (χ2n) is 3.71. The molecule has 0 aliphatic carbocycles. The van der Waals surface area contributed by atoms with Gasteiger partial charge in [-0.15, -0.1) is 0 Å². The van der Waals surface area contributed by atoms with Gasteiger partial charge in [0.15, 0.2) is 6.29 Å². The number of likely N-dealkylation sites (N-methyl/N-ethyl adjacent to an activating group) is 1. The Balaban J connectivity index is 3.04. The Morgan fingerprint density at radius 3 is 2.59 bits per heavy atom. The molecule has 0 saturated heterocycles. The molecule has 1 unspecified atom stereocenters. The molecule has 0 fully saturated rings. The molecule has 0 aliphatic rings. The first-order valence-corrected chi connectivity index (χ1v) is 6.01. The third-order valence-electron chi connectivity index (χ3n) is 2.61. The summed E-state index contributed by atoms with van der Waals surface area (Å²) in [6.45, 7) is 2.91. The summed E-state index contributed by atoms with van der Waals surface area (Å²) in [5.41, 5.74) is 0.893. The zero-order chi connectivity index (χ0) is 12.8. The van der Waals surface area contributed by atoms with Crippen molar-refractivity contribution in [2.24, 2.45) is 0 Å². The van der Waals surface area contributed by atoms with Crippen molar-refractivity contribution in [3.8, 4) is 0 Å². The number of halogens is 1. The lowest BCUT2D eigenvalue weighted by Gasteiger charge is -2.25. The maximum atomic E-state index is 6.18. The van der Waals surface area contributed by atoms with Gasteiger partial charge in [0, 0.05) is 20.8 Å². The second kappa shape index (κ2) is 6.96. The fourth-order valence-electron chi connectivity index (χ4n) is 1.84. The highest BCUT2D eigenvalue weighted by Gasteiger charge is 2.27. The third-order valence-corrected chi connectivity index (χ3v) is 2.90. The fraction of sp³-hybridized carbons (Fsp3) is 0.727. The molecular weight excluding hydrogens is 242 g/mol. The standard InChI is InChI=1S/C11H20ClN3O2/c1-5-6-15-10(8(12)7-14-15)9(13-2)11(16-3)17-4/h7,9,11,13H,5-6H2,1-4H3. The Bertz CT molecular complexity index is 339. The smallest absolute Gasteiger partial charge is 0.177 e. The van der Waals surface area contributed by atoms with E-state index in [-0.39, 0.29) is 6.04 Å². The highest BCUT2D eigenvalue weighted by Crippen LogP contribution is 2.26. The summed E-state index contributed by atoms with van der Waals surface area (Å²) in [6.07, 6.45) is 2.25. The van der Waals surface area contributed by atoms with Crippen LogP contribution in [0, 0.1) is 0 Å². The lowest BCUT2D eigenvalue weighted by molar-refractivity contribution is -0.124. The molecule has 1 N–H and O–H groups in total. The van der Waals surface area contributed by atoms with Crippen molar-refractivity contribution in [3.63, 3.8) is 0 Å². The summed E-state index contributed by atoms with van der Waals surface area (Å²) >= 11 is 6.18. The van der Waals surface area contributed by atoms with Crippen LogP contribution in [-0.2, 0) is 16.0 Å². The number of aryl methyl sites for hydroxylation is 1. The highest BCUT2D eigenvalue weighted by molar-refractivity contribution is 6.31. The SMILES string of the molecule is CCCn1ncc(Cl)c1C(NC)C(OC)OC. The van der Waals surface area contributed by atoms with Crippen LogP contribution < -0.4 is 5.32 Å². The van der Waals surface area contributed by atoms with Gasteiger partial charge >= 0.3 is 0 Å². The molecule has 17 heavy (non-hydrogen) atoms. The van der Waals surface area contributed by atoms with Crippen molar-refractivity contribution in [2.45, 2.75) is 32.2 Å². The maximum Gasteiger partial charge on any atom is 0.177 e. The van der Waals surface area contributed by atoms with Gasteiger partial charge in [0.05, 0.1) is 16.9 Å². The number of hydrogen-bond acceptors (Lipinski definition) is 4. The van der Waals surface area contributed by atoms with Crippen LogP contribution >= 0.6 is 11.6 Å². The average Bonchev–Trinajstić information content (AvgIpc) is 2.68. The number of aromatic nitrogens is 2. The Labute approximate surface area is 107 Å². The largest absolute Gasteiger partial charge is 0.354 e. The quantitative estimate of drug-likeness (QED) is 0.761. The summed E-state index contributed by atoms with van der Waals surface area (Å²) < 4.78 is 12.4. The zero-order valence-electron chi connectivity index (χ0n) is 10.7. The molecule has 1 aromatic rings. The molecule has 0 bridgehead atoms. The minimum absolute atomic E-state index is 0.147. The molecule has 5 nitrogen and oxygen atoms in total. The van der Waals surface area contributed by atoms with E-state index in [1.807, 2.05) is 11.7 Å². The van der Waals surface area contributed by atoms with Crippen LogP contribution in [0.25, 0.3) is 0 Å². The molecular formula is C11H20ClN3O2. The van der Waals surface area contributed by atoms with Gasteiger partial charge in [-0.25, -0.2) is 0 Å². The van der Waals surface area contributed by atoms with E-state index in [2.05, 4.69) is 17.3 Å². The first-order valence-electron chi connectivity index (χ1n) is 5.63. The predicted octanol–water partition coefficient (Wildman–Crippen LogP) is 1.83. The van der Waals surface area contributed by atoms with E-state index in [1.54, 1.807) is 20.4 Å². The fourth-order valence-corrected chi connectivity index (χ4v) is 2.10. The van der Waals surface area contributed by atoms with Crippen molar-refractivity contribution in [1.82, 2.24) is 15.1 Å². The Kier molecular flexibility index (Phi) is 5.91. The molecule has 1 aromatic heterocycles. The molecule has 6 heteroatoms. The van der Waals surface area contributed by atoms with Crippen molar-refractivity contribution in [3.05, 3.63) is 16.9 Å². The predicted molar refractivity (Wildman–Crippen MR) is 67.1 cm³/mol. The van der Waals surface area contributed by atoms with Crippen molar-refractivity contribution >= 4 is 11.6 Å². The maximum absolute atomic E-state index is 6.18. The van der Waals surface area contributed by atoms with E-state index in [0.717, 1.165) is 18.7 Å². The first kappa shape index (κ1) is 14.4. The highest BCUT2D eigenvalue weighted by atomic mass is 35.5. The summed E-state index contributed by atoms with van der Waals surface area (Å²) in [6, 6.07) is -0.147. The molecule has 0 amide bonds. The van der Waals surface area contributed by atoms with Crippen LogP contribution in [0.5, 0.6) is 0 Å². The monoisotopic (exact) mass is 261 g/mol. The van der Waals surface area contributed by atoms with Crippen molar-refractivity contribution in [1.29, 1.82) is 0 Å². The van der Waals surface area contributed by atoms with E-state index in [0.29, 0.717) is 5.02 Å². The summed E-state index contributed by atoms with van der Waals surface area (Å²) in [5, 5.41) is 8.03. The summed E-state index contributed by atoms with van der Waals surface area (Å²) in [4.78, 5) is 0. The summed E-state index contributed by atoms with van der Waals surface area (Å²) in [7, 11) is 5.05. The van der Waals surface area contributed by atoms with E-state index in [9.17, 15) is 0 Å². The zero-order valence-corrected chi connectivity index (χ0v) is 11.5. The normalized spacial score (nSPS) is 13.3. The van der Waals surface area contributed by atoms with Crippen LogP contribution in [0.3, 0.4) is 0 Å². The van der Waals surface area contributed by atoms with E-state index in [4.69, 9.17) is 21.1 Å². The van der Waals surface area contributed by atoms with Crippen LogP contribution in [0.15, 0.2) is 6.20 Å². The van der Waals surface area contributed by atoms with Crippen LogP contribution in [-0.4, -0.2) is 37.3 Å². The van der Waals surface area contributed by atoms with Crippen LogP contribution in [0.1, 0.15) is 25.1 Å². The Morgan fingerprint density at radius 1 is 1.47 bits per heavy atom. The summed E-state index contributed by atoms with van der Waals surface area (Å²) in [5.74, 6) is 0. The molecule has 0 spiro atoms. The van der Waals surface area contributed by atoms with Gasteiger partial charge in [-0.2, -0.15) is 5.10 Å². The van der Waals surface area contributed by atoms with Gasteiger partial charge in [-0.05, 0) is 13.5 Å². The third kappa shape index (κ3) is 3.19. The van der Waals surface area contributed by atoms with Gasteiger partial charge in [-0.1, -0.05) is 18.5 Å². The van der Waals surface area contributed by atoms with Gasteiger partial charge in [0.2, 0.25) is 0 Å². The lowest BCUT2D eigenvalue weighted by atomic mass is 10.2. The number of rotatable bonds is 7. The first-order chi connectivity index (χ1) is 8.19. The lowest BCUT2D eigenvalue weighted by Crippen LogP contribution is -2.34. The van der Waals surface area contributed by atoms with Crippen molar-refractivity contribution in [2.75, 3.05) is 21.3 Å². The van der Waals surface area contributed by atoms with Crippen LogP contribution in [0.4, 0.5) is 0 Å². The van der Waals surface area contributed by atoms with Crippen molar-refractivity contribution < 1.29 is 9.47 Å². The van der Waals surface area contributed by atoms with Gasteiger partial charge in [-0.3, -0.25) is 4.68 Å². The van der Waals surface area contributed by atoms with Gasteiger partial charge < -0.3 is 14.8 Å².